The number of hydrogen-bond donors (Lipinski definition) is 2. The van der Waals surface area contributed by atoms with Gasteiger partial charge in [0.1, 0.15) is 5.75 Å². The van der Waals surface area contributed by atoms with Gasteiger partial charge in [-0.3, -0.25) is 5.41 Å². The molecule has 0 spiro atoms. The summed E-state index contributed by atoms with van der Waals surface area (Å²) in [4.78, 5) is 2.00. The van der Waals surface area contributed by atoms with Gasteiger partial charge in [0.15, 0.2) is 5.96 Å². The van der Waals surface area contributed by atoms with Gasteiger partial charge in [0.05, 0.1) is 7.11 Å². The maximum absolute atomic E-state index is 7.66. The van der Waals surface area contributed by atoms with E-state index in [-0.39, 0.29) is 17.0 Å². The molecule has 0 amide bonds. The average Bonchev–Trinajstić information content (AvgIpc) is 2.65. The van der Waals surface area contributed by atoms with E-state index in [1.165, 1.54) is 0 Å². The van der Waals surface area contributed by atoms with Crippen LogP contribution in [0.4, 0.5) is 0 Å². The summed E-state index contributed by atoms with van der Waals surface area (Å²) in [7, 11) is 1.67. The summed E-state index contributed by atoms with van der Waals surface area (Å²) in [6.07, 6.45) is 0. The number of nitrogens with zero attached hydrogens (tertiary/aromatic N) is 1. The first-order valence-electron chi connectivity index (χ1n) is 5.00. The Morgan fingerprint density at radius 3 is 2.81 bits per heavy atom. The topological polar surface area (TPSA) is 48.4 Å². The lowest BCUT2D eigenvalue weighted by molar-refractivity contribution is 0.392. The summed E-state index contributed by atoms with van der Waals surface area (Å²) in [6, 6.07) is 7.92. The van der Waals surface area contributed by atoms with E-state index in [1.54, 1.807) is 7.11 Å². The third-order valence-electron chi connectivity index (χ3n) is 2.54. The number of benzene rings is 1. The lowest BCUT2D eigenvalue weighted by Gasteiger charge is -2.17. The van der Waals surface area contributed by atoms with Gasteiger partial charge in [0.2, 0.25) is 0 Å². The second kappa shape index (κ2) is 5.75. The van der Waals surface area contributed by atoms with Gasteiger partial charge in [0.25, 0.3) is 0 Å². The molecule has 88 valence electrons. The monoisotopic (exact) mass is 285 g/mol. The highest BCUT2D eigenvalue weighted by Crippen LogP contribution is 2.19. The molecular weight excluding hydrogens is 270 g/mol. The number of halogens is 1. The third-order valence-corrected chi connectivity index (χ3v) is 2.54. The number of guanidine groups is 1. The van der Waals surface area contributed by atoms with Gasteiger partial charge in [-0.05, 0) is 6.07 Å². The molecular formula is C11H16BrN3O. The van der Waals surface area contributed by atoms with Crippen molar-refractivity contribution in [1.82, 2.24) is 10.2 Å². The highest BCUT2D eigenvalue weighted by molar-refractivity contribution is 8.93. The zero-order chi connectivity index (χ0) is 10.7. The van der Waals surface area contributed by atoms with Crippen molar-refractivity contribution in [2.24, 2.45) is 0 Å². The van der Waals surface area contributed by atoms with Gasteiger partial charge >= 0.3 is 0 Å². The standard InChI is InChI=1S/C11H15N3O.BrH/c1-15-10-5-3-2-4-9(10)8-14-7-6-13-11(14)12;/h2-5H,6-8H2,1H3,(H2,12,13);1H. The Kier molecular flexibility index (Phi) is 4.61. The lowest BCUT2D eigenvalue weighted by Crippen LogP contribution is -2.28. The van der Waals surface area contributed by atoms with Gasteiger partial charge in [-0.2, -0.15) is 0 Å². The Morgan fingerprint density at radius 2 is 2.19 bits per heavy atom. The molecule has 0 atom stereocenters. The largest absolute Gasteiger partial charge is 0.496 e. The van der Waals surface area contributed by atoms with Crippen molar-refractivity contribution < 1.29 is 4.74 Å². The maximum Gasteiger partial charge on any atom is 0.191 e. The second-order valence-corrected chi connectivity index (χ2v) is 3.51. The van der Waals surface area contributed by atoms with Crippen LogP contribution in [-0.4, -0.2) is 31.1 Å². The Bertz CT molecular complexity index is 370. The third kappa shape index (κ3) is 2.66. The number of rotatable bonds is 3. The van der Waals surface area contributed by atoms with Crippen LogP contribution in [0, 0.1) is 5.41 Å². The van der Waals surface area contributed by atoms with E-state index < -0.39 is 0 Å². The van der Waals surface area contributed by atoms with Crippen LogP contribution in [0.15, 0.2) is 24.3 Å². The number of ether oxygens (including phenoxy) is 1. The molecule has 1 aliphatic rings. The first kappa shape index (κ1) is 12.8. The summed E-state index contributed by atoms with van der Waals surface area (Å²) in [5.41, 5.74) is 1.12. The van der Waals surface area contributed by atoms with Crippen LogP contribution < -0.4 is 10.1 Å². The van der Waals surface area contributed by atoms with Crippen LogP contribution in [-0.2, 0) is 6.54 Å². The van der Waals surface area contributed by atoms with Crippen LogP contribution >= 0.6 is 17.0 Å². The molecule has 0 bridgehead atoms. The van der Waals surface area contributed by atoms with E-state index in [0.29, 0.717) is 5.96 Å². The molecule has 2 rings (SSSR count). The normalized spacial score (nSPS) is 14.3. The number of methoxy groups -OCH3 is 1. The van der Waals surface area contributed by atoms with Crippen molar-refractivity contribution in [3.05, 3.63) is 29.8 Å². The SMILES string of the molecule is Br.COc1ccccc1CN1CCNC1=N. The Labute approximate surface area is 106 Å². The molecule has 5 heteroatoms. The fourth-order valence-electron chi connectivity index (χ4n) is 1.73. The predicted octanol–water partition coefficient (Wildman–Crippen LogP) is 1.61. The van der Waals surface area contributed by atoms with Crippen LogP contribution in [0.25, 0.3) is 0 Å². The minimum atomic E-state index is 0. The smallest absolute Gasteiger partial charge is 0.191 e. The number of nitrogens with one attached hydrogen (secondary N) is 2. The van der Waals surface area contributed by atoms with Gasteiger partial charge in [-0.1, -0.05) is 18.2 Å². The molecule has 1 aliphatic heterocycles. The van der Waals surface area contributed by atoms with E-state index in [4.69, 9.17) is 10.1 Å². The van der Waals surface area contributed by atoms with Crippen LogP contribution in [0.5, 0.6) is 5.75 Å². The van der Waals surface area contributed by atoms with Crippen LogP contribution in [0.3, 0.4) is 0 Å². The average molecular weight is 286 g/mol. The molecule has 1 saturated heterocycles. The van der Waals surface area contributed by atoms with E-state index in [0.717, 1.165) is 30.9 Å². The minimum Gasteiger partial charge on any atom is -0.496 e. The molecule has 0 saturated carbocycles. The molecule has 1 fully saturated rings. The van der Waals surface area contributed by atoms with Crippen molar-refractivity contribution in [2.75, 3.05) is 20.2 Å². The van der Waals surface area contributed by atoms with Crippen molar-refractivity contribution >= 4 is 22.9 Å². The quantitative estimate of drug-likeness (QED) is 0.887. The van der Waals surface area contributed by atoms with Gasteiger partial charge in [-0.25, -0.2) is 0 Å². The lowest BCUT2D eigenvalue weighted by atomic mass is 10.2. The van der Waals surface area contributed by atoms with E-state index in [9.17, 15) is 0 Å². The molecule has 1 aromatic carbocycles. The summed E-state index contributed by atoms with van der Waals surface area (Å²) >= 11 is 0. The van der Waals surface area contributed by atoms with Gasteiger partial charge < -0.3 is 15.0 Å². The summed E-state index contributed by atoms with van der Waals surface area (Å²) < 4.78 is 5.27. The molecule has 4 nitrogen and oxygen atoms in total. The Hall–Kier alpha value is -1.23. The fourth-order valence-corrected chi connectivity index (χ4v) is 1.73. The summed E-state index contributed by atoms with van der Waals surface area (Å²) in [5, 5.41) is 10.7. The first-order valence-corrected chi connectivity index (χ1v) is 5.00. The maximum atomic E-state index is 7.66. The molecule has 0 unspecified atom stereocenters. The van der Waals surface area contributed by atoms with Crippen LogP contribution in [0.2, 0.25) is 0 Å². The Balaban J connectivity index is 0.00000128. The van der Waals surface area contributed by atoms with Crippen LogP contribution in [0.1, 0.15) is 5.56 Å². The van der Waals surface area contributed by atoms with Crippen molar-refractivity contribution in [2.45, 2.75) is 6.54 Å². The van der Waals surface area contributed by atoms with E-state index in [1.807, 2.05) is 29.2 Å². The van der Waals surface area contributed by atoms with Crippen molar-refractivity contribution in [3.8, 4) is 5.75 Å². The number of hydrogen-bond acceptors (Lipinski definition) is 2. The van der Waals surface area contributed by atoms with Gasteiger partial charge in [0, 0.05) is 25.2 Å². The summed E-state index contributed by atoms with van der Waals surface area (Å²) in [6.45, 7) is 2.47. The fraction of sp³-hybridized carbons (Fsp3) is 0.364. The van der Waals surface area contributed by atoms with Crippen molar-refractivity contribution in [1.29, 1.82) is 5.41 Å². The first-order chi connectivity index (χ1) is 7.31. The highest BCUT2D eigenvalue weighted by atomic mass is 79.9. The van der Waals surface area contributed by atoms with Crippen molar-refractivity contribution in [3.63, 3.8) is 0 Å². The second-order valence-electron chi connectivity index (χ2n) is 3.51. The Morgan fingerprint density at radius 1 is 1.44 bits per heavy atom. The van der Waals surface area contributed by atoms with E-state index in [2.05, 4.69) is 5.32 Å². The van der Waals surface area contributed by atoms with E-state index >= 15 is 0 Å². The van der Waals surface area contributed by atoms with Gasteiger partial charge in [-0.15, -0.1) is 17.0 Å². The minimum absolute atomic E-state index is 0. The predicted molar refractivity (Wildman–Crippen MR) is 69.5 cm³/mol. The zero-order valence-corrected chi connectivity index (χ0v) is 10.9. The molecule has 2 N–H and O–H groups in total. The zero-order valence-electron chi connectivity index (χ0n) is 9.19. The molecule has 0 aromatic heterocycles. The molecule has 0 aliphatic carbocycles. The molecule has 16 heavy (non-hydrogen) atoms. The molecule has 0 radical (unpaired) electrons. The highest BCUT2D eigenvalue weighted by Gasteiger charge is 2.17. The summed E-state index contributed by atoms with van der Waals surface area (Å²) in [5.74, 6) is 1.39. The number of para-hydroxylation sites is 1. The molecule has 1 heterocycles. The molecule has 1 aromatic rings.